The maximum absolute atomic E-state index is 12.7. The van der Waals surface area contributed by atoms with Crippen LogP contribution in [-0.4, -0.2) is 29.7 Å². The van der Waals surface area contributed by atoms with Gasteiger partial charge in [-0.3, -0.25) is 4.79 Å². The van der Waals surface area contributed by atoms with E-state index in [0.717, 1.165) is 29.8 Å². The van der Waals surface area contributed by atoms with Crippen molar-refractivity contribution in [2.45, 2.75) is 58.5 Å². The Morgan fingerprint density at radius 3 is 2.48 bits per heavy atom. The minimum absolute atomic E-state index is 0.167. The third-order valence-corrected chi connectivity index (χ3v) is 5.52. The van der Waals surface area contributed by atoms with Gasteiger partial charge in [-0.05, 0) is 36.8 Å². The summed E-state index contributed by atoms with van der Waals surface area (Å²) in [6, 6.07) is 13.3. The standard InChI is InChI=1S/C25H33N3O3/c1-4-5-6-7-8-11-16-28-21-13-10-9-12-20(21)27-24(28)18-26-25(29)19-14-15-22(30-2)23(17-19)31-3/h9-10,12-15,17H,4-8,11,16,18H2,1-3H3,(H,26,29). The highest BCUT2D eigenvalue weighted by Crippen LogP contribution is 2.27. The smallest absolute Gasteiger partial charge is 0.251 e. The zero-order valence-electron chi connectivity index (χ0n) is 18.8. The van der Waals surface area contributed by atoms with Crippen molar-refractivity contribution in [3.63, 3.8) is 0 Å². The summed E-state index contributed by atoms with van der Waals surface area (Å²) in [6.45, 7) is 3.52. The number of carbonyl (C=O) groups excluding carboxylic acids is 1. The zero-order chi connectivity index (χ0) is 22.1. The summed E-state index contributed by atoms with van der Waals surface area (Å²) in [6.07, 6.45) is 7.46. The summed E-state index contributed by atoms with van der Waals surface area (Å²) in [5.41, 5.74) is 2.60. The Balaban J connectivity index is 1.68. The van der Waals surface area contributed by atoms with E-state index in [-0.39, 0.29) is 5.91 Å². The van der Waals surface area contributed by atoms with Gasteiger partial charge in [0.05, 0.1) is 31.8 Å². The number of aryl methyl sites for hydroxylation is 1. The Labute approximate surface area is 184 Å². The van der Waals surface area contributed by atoms with Gasteiger partial charge >= 0.3 is 0 Å². The number of hydrogen-bond acceptors (Lipinski definition) is 4. The van der Waals surface area contributed by atoms with Crippen LogP contribution >= 0.6 is 0 Å². The number of methoxy groups -OCH3 is 2. The molecular weight excluding hydrogens is 390 g/mol. The summed E-state index contributed by atoms with van der Waals surface area (Å²) in [5, 5.41) is 3.01. The molecule has 1 heterocycles. The van der Waals surface area contributed by atoms with Crippen LogP contribution in [0.5, 0.6) is 11.5 Å². The maximum Gasteiger partial charge on any atom is 0.251 e. The maximum atomic E-state index is 12.7. The van der Waals surface area contributed by atoms with E-state index < -0.39 is 0 Å². The molecule has 6 nitrogen and oxygen atoms in total. The molecule has 0 unspecified atom stereocenters. The molecule has 1 aromatic heterocycles. The van der Waals surface area contributed by atoms with Gasteiger partial charge in [0.25, 0.3) is 5.91 Å². The molecule has 1 amide bonds. The molecule has 0 saturated heterocycles. The molecule has 6 heteroatoms. The van der Waals surface area contributed by atoms with Gasteiger partial charge in [0.2, 0.25) is 0 Å². The Morgan fingerprint density at radius 1 is 0.968 bits per heavy atom. The normalized spacial score (nSPS) is 10.9. The number of hydrogen-bond donors (Lipinski definition) is 1. The van der Waals surface area contributed by atoms with Crippen molar-refractivity contribution in [3.8, 4) is 11.5 Å². The van der Waals surface area contributed by atoms with Crippen molar-refractivity contribution in [2.24, 2.45) is 0 Å². The lowest BCUT2D eigenvalue weighted by Crippen LogP contribution is -2.25. The van der Waals surface area contributed by atoms with Crippen molar-refractivity contribution in [2.75, 3.05) is 14.2 Å². The number of fused-ring (bicyclic) bond motifs is 1. The predicted octanol–water partition coefficient (Wildman–Crippen LogP) is 5.34. The number of nitrogens with zero attached hydrogens (tertiary/aromatic N) is 2. The second kappa shape index (κ2) is 11.4. The zero-order valence-corrected chi connectivity index (χ0v) is 18.8. The van der Waals surface area contributed by atoms with Gasteiger partial charge in [0, 0.05) is 12.1 Å². The van der Waals surface area contributed by atoms with Crippen molar-refractivity contribution >= 4 is 16.9 Å². The average molecular weight is 424 g/mol. The molecule has 0 radical (unpaired) electrons. The van der Waals surface area contributed by atoms with Gasteiger partial charge in [-0.25, -0.2) is 4.98 Å². The number of amides is 1. The van der Waals surface area contributed by atoms with Crippen molar-refractivity contribution in [1.29, 1.82) is 0 Å². The molecule has 3 aromatic rings. The van der Waals surface area contributed by atoms with Gasteiger partial charge in [-0.15, -0.1) is 0 Å². The molecule has 0 aliphatic heterocycles. The third-order valence-electron chi connectivity index (χ3n) is 5.52. The summed E-state index contributed by atoms with van der Waals surface area (Å²) in [4.78, 5) is 17.5. The van der Waals surface area contributed by atoms with Crippen molar-refractivity contribution < 1.29 is 14.3 Å². The summed E-state index contributed by atoms with van der Waals surface area (Å²) < 4.78 is 12.8. The van der Waals surface area contributed by atoms with Crippen LogP contribution in [0.3, 0.4) is 0 Å². The molecule has 0 saturated carbocycles. The molecule has 0 bridgehead atoms. The Hall–Kier alpha value is -3.02. The number of benzene rings is 2. The first kappa shape index (κ1) is 22.7. The minimum atomic E-state index is -0.167. The molecule has 2 aromatic carbocycles. The minimum Gasteiger partial charge on any atom is -0.493 e. The van der Waals surface area contributed by atoms with Gasteiger partial charge in [-0.2, -0.15) is 0 Å². The highest BCUT2D eigenvalue weighted by atomic mass is 16.5. The quantitative estimate of drug-likeness (QED) is 0.399. The van der Waals surface area contributed by atoms with E-state index in [1.54, 1.807) is 32.4 Å². The summed E-state index contributed by atoms with van der Waals surface area (Å²) in [5.74, 6) is 1.84. The van der Waals surface area contributed by atoms with Crippen LogP contribution in [-0.2, 0) is 13.1 Å². The molecule has 1 N–H and O–H groups in total. The van der Waals surface area contributed by atoms with Crippen LogP contribution in [0.25, 0.3) is 11.0 Å². The SMILES string of the molecule is CCCCCCCCn1c(CNC(=O)c2ccc(OC)c(OC)c2)nc2ccccc21. The van der Waals surface area contributed by atoms with Crippen LogP contribution in [0, 0.1) is 0 Å². The van der Waals surface area contributed by atoms with Gasteiger partial charge in [0.1, 0.15) is 5.82 Å². The highest BCUT2D eigenvalue weighted by molar-refractivity contribution is 5.94. The first-order valence-electron chi connectivity index (χ1n) is 11.1. The highest BCUT2D eigenvalue weighted by Gasteiger charge is 2.14. The number of para-hydroxylation sites is 2. The van der Waals surface area contributed by atoms with Crippen molar-refractivity contribution in [1.82, 2.24) is 14.9 Å². The van der Waals surface area contributed by atoms with E-state index >= 15 is 0 Å². The molecule has 0 spiro atoms. The van der Waals surface area contributed by atoms with E-state index in [1.165, 1.54) is 32.1 Å². The second-order valence-electron chi connectivity index (χ2n) is 7.69. The van der Waals surface area contributed by atoms with E-state index in [1.807, 2.05) is 18.2 Å². The van der Waals surface area contributed by atoms with E-state index in [2.05, 4.69) is 22.9 Å². The van der Waals surface area contributed by atoms with Gasteiger partial charge in [-0.1, -0.05) is 51.2 Å². The van der Waals surface area contributed by atoms with E-state index in [0.29, 0.717) is 23.6 Å². The van der Waals surface area contributed by atoms with Gasteiger partial charge in [0.15, 0.2) is 11.5 Å². The first-order chi connectivity index (χ1) is 15.2. The Bertz CT molecular complexity index is 997. The topological polar surface area (TPSA) is 65.4 Å². The number of ether oxygens (including phenoxy) is 2. The lowest BCUT2D eigenvalue weighted by Gasteiger charge is -2.12. The van der Waals surface area contributed by atoms with Crippen LogP contribution in [0.2, 0.25) is 0 Å². The molecular formula is C25H33N3O3. The second-order valence-corrected chi connectivity index (χ2v) is 7.69. The van der Waals surface area contributed by atoms with Crippen molar-refractivity contribution in [3.05, 3.63) is 53.9 Å². The molecule has 31 heavy (non-hydrogen) atoms. The van der Waals surface area contributed by atoms with Gasteiger partial charge < -0.3 is 19.4 Å². The molecule has 0 aliphatic rings. The third kappa shape index (κ3) is 5.78. The molecule has 166 valence electrons. The number of unbranched alkanes of at least 4 members (excludes halogenated alkanes) is 5. The summed E-state index contributed by atoms with van der Waals surface area (Å²) >= 11 is 0. The van der Waals surface area contributed by atoms with Crippen LogP contribution < -0.4 is 14.8 Å². The number of imidazole rings is 1. The fraction of sp³-hybridized carbons (Fsp3) is 0.440. The summed E-state index contributed by atoms with van der Waals surface area (Å²) in [7, 11) is 3.13. The van der Waals surface area contributed by atoms with E-state index in [9.17, 15) is 4.79 Å². The molecule has 0 fully saturated rings. The molecule has 3 rings (SSSR count). The predicted molar refractivity (Wildman–Crippen MR) is 124 cm³/mol. The monoisotopic (exact) mass is 423 g/mol. The Morgan fingerprint density at radius 2 is 1.71 bits per heavy atom. The molecule has 0 aliphatic carbocycles. The first-order valence-corrected chi connectivity index (χ1v) is 11.1. The number of nitrogens with one attached hydrogen (secondary N) is 1. The Kier molecular flexibility index (Phi) is 8.33. The lowest BCUT2D eigenvalue weighted by atomic mass is 10.1. The number of aromatic nitrogens is 2. The van der Waals surface area contributed by atoms with Crippen LogP contribution in [0.1, 0.15) is 61.6 Å². The number of rotatable bonds is 12. The largest absolute Gasteiger partial charge is 0.493 e. The van der Waals surface area contributed by atoms with Crippen LogP contribution in [0.15, 0.2) is 42.5 Å². The fourth-order valence-electron chi connectivity index (χ4n) is 3.80. The number of carbonyl (C=O) groups is 1. The fourth-order valence-corrected chi connectivity index (χ4v) is 3.80. The van der Waals surface area contributed by atoms with E-state index in [4.69, 9.17) is 14.5 Å². The molecule has 0 atom stereocenters. The average Bonchev–Trinajstić information content (AvgIpc) is 3.16. The lowest BCUT2D eigenvalue weighted by molar-refractivity contribution is 0.0949. The van der Waals surface area contributed by atoms with Crippen LogP contribution in [0.4, 0.5) is 0 Å².